The maximum atomic E-state index is 3.47. The third-order valence-corrected chi connectivity index (χ3v) is 5.24. The average molecular weight is 281 g/mol. The fraction of sp³-hybridized carbons (Fsp3) is 0.385. The van der Waals surface area contributed by atoms with Crippen molar-refractivity contribution in [2.24, 2.45) is 11.8 Å². The van der Waals surface area contributed by atoms with Gasteiger partial charge in [-0.25, -0.2) is 0 Å². The summed E-state index contributed by atoms with van der Waals surface area (Å²) in [5.74, 6) is 1.71. The van der Waals surface area contributed by atoms with Gasteiger partial charge in [-0.05, 0) is 48.9 Å². The Balaban J connectivity index is 1.71. The molecular weight excluding hydrogens is 268 g/mol. The zero-order chi connectivity index (χ0) is 10.3. The van der Waals surface area contributed by atoms with E-state index in [2.05, 4.69) is 64.1 Å². The molecule has 3 atom stereocenters. The quantitative estimate of drug-likeness (QED) is 0.719. The molecule has 0 aromatic heterocycles. The summed E-state index contributed by atoms with van der Waals surface area (Å²) in [5.41, 5.74) is 0. The van der Waals surface area contributed by atoms with Crippen LogP contribution in [0.2, 0.25) is 0 Å². The third-order valence-electron chi connectivity index (χ3n) is 3.32. The van der Waals surface area contributed by atoms with Crippen LogP contribution in [0.15, 0.2) is 45.8 Å². The van der Waals surface area contributed by atoms with Crippen molar-refractivity contribution in [2.45, 2.75) is 23.0 Å². The van der Waals surface area contributed by atoms with Crippen LogP contribution in [0.25, 0.3) is 0 Å². The lowest BCUT2D eigenvalue weighted by Crippen LogP contribution is -2.08. The molecule has 0 spiro atoms. The van der Waals surface area contributed by atoms with E-state index in [1.807, 2.05) is 0 Å². The highest BCUT2D eigenvalue weighted by atomic mass is 79.9. The van der Waals surface area contributed by atoms with E-state index in [1.165, 1.54) is 22.2 Å². The second-order valence-corrected chi connectivity index (χ2v) is 6.62. The van der Waals surface area contributed by atoms with Gasteiger partial charge in [0.15, 0.2) is 0 Å². The van der Waals surface area contributed by atoms with Gasteiger partial charge in [0.05, 0.1) is 0 Å². The predicted octanol–water partition coefficient (Wildman–Crippen LogP) is 4.51. The number of thioether (sulfide) groups is 1. The lowest BCUT2D eigenvalue weighted by atomic mass is 10.1. The van der Waals surface area contributed by atoms with Crippen molar-refractivity contribution in [1.82, 2.24) is 0 Å². The summed E-state index contributed by atoms with van der Waals surface area (Å²) < 4.78 is 1.17. The molecule has 1 aromatic carbocycles. The number of rotatable bonds is 2. The van der Waals surface area contributed by atoms with E-state index in [0.717, 1.165) is 17.1 Å². The third kappa shape index (κ3) is 2.02. The first-order valence-corrected chi connectivity index (χ1v) is 7.09. The fourth-order valence-corrected chi connectivity index (χ4v) is 4.18. The van der Waals surface area contributed by atoms with Gasteiger partial charge in [0.25, 0.3) is 0 Å². The highest BCUT2D eigenvalue weighted by Crippen LogP contribution is 2.47. The highest BCUT2D eigenvalue weighted by molar-refractivity contribution is 9.10. The molecule has 3 rings (SSSR count). The van der Waals surface area contributed by atoms with Crippen molar-refractivity contribution < 1.29 is 0 Å². The molecule has 0 unspecified atom stereocenters. The molecule has 2 aliphatic carbocycles. The van der Waals surface area contributed by atoms with Crippen molar-refractivity contribution >= 4 is 27.7 Å². The van der Waals surface area contributed by atoms with Crippen molar-refractivity contribution in [2.75, 3.05) is 0 Å². The van der Waals surface area contributed by atoms with Crippen LogP contribution < -0.4 is 0 Å². The Bertz CT molecular complexity index is 382. The van der Waals surface area contributed by atoms with Gasteiger partial charge in [-0.2, -0.15) is 0 Å². The molecule has 1 fully saturated rings. The van der Waals surface area contributed by atoms with E-state index in [-0.39, 0.29) is 0 Å². The Kier molecular flexibility index (Phi) is 2.65. The van der Waals surface area contributed by atoms with Crippen LogP contribution in [0.1, 0.15) is 12.8 Å². The van der Waals surface area contributed by atoms with Crippen molar-refractivity contribution in [3.8, 4) is 0 Å². The predicted molar refractivity (Wildman–Crippen MR) is 69.1 cm³/mol. The first kappa shape index (κ1) is 9.98. The van der Waals surface area contributed by atoms with Crippen molar-refractivity contribution in [3.05, 3.63) is 40.9 Å². The molecule has 0 N–H and O–H groups in total. The number of halogens is 1. The van der Waals surface area contributed by atoms with Gasteiger partial charge in [-0.1, -0.05) is 28.1 Å². The fourth-order valence-electron chi connectivity index (χ4n) is 2.55. The minimum Gasteiger partial charge on any atom is -0.122 e. The Morgan fingerprint density at radius 1 is 1.07 bits per heavy atom. The van der Waals surface area contributed by atoms with Gasteiger partial charge >= 0.3 is 0 Å². The molecule has 15 heavy (non-hydrogen) atoms. The normalized spacial score (nSPS) is 32.5. The van der Waals surface area contributed by atoms with Crippen LogP contribution in [0.3, 0.4) is 0 Å². The lowest BCUT2D eigenvalue weighted by molar-refractivity contribution is 0.692. The molecule has 0 nitrogen and oxygen atoms in total. The number of allylic oxidation sites excluding steroid dienone is 2. The van der Waals surface area contributed by atoms with Crippen LogP contribution >= 0.6 is 27.7 Å². The maximum absolute atomic E-state index is 3.47. The van der Waals surface area contributed by atoms with Gasteiger partial charge in [-0.3, -0.25) is 0 Å². The summed E-state index contributed by atoms with van der Waals surface area (Å²) in [6.45, 7) is 0. The van der Waals surface area contributed by atoms with Crippen LogP contribution in [0.5, 0.6) is 0 Å². The van der Waals surface area contributed by atoms with Gasteiger partial charge < -0.3 is 0 Å². The Morgan fingerprint density at radius 3 is 2.47 bits per heavy atom. The van der Waals surface area contributed by atoms with Gasteiger partial charge in [0, 0.05) is 14.6 Å². The Labute approximate surface area is 103 Å². The largest absolute Gasteiger partial charge is 0.122 e. The summed E-state index contributed by atoms with van der Waals surface area (Å²) in [5, 5.41) is 0.821. The standard InChI is InChI=1S/C13H13BrS/c14-11-3-5-12(6-4-11)15-13-8-9-1-2-10(13)7-9/h1-6,9-10,13H,7-8H2/t9-,10+,13+/m1/s1. The molecule has 2 aliphatic rings. The molecule has 0 heterocycles. The van der Waals surface area contributed by atoms with Gasteiger partial charge in [0.1, 0.15) is 0 Å². The molecule has 0 saturated heterocycles. The number of fused-ring (bicyclic) bond motifs is 2. The van der Waals surface area contributed by atoms with Crippen LogP contribution in [0.4, 0.5) is 0 Å². The van der Waals surface area contributed by atoms with E-state index in [0.29, 0.717) is 0 Å². The Morgan fingerprint density at radius 2 is 1.87 bits per heavy atom. The number of benzene rings is 1. The van der Waals surface area contributed by atoms with Crippen LogP contribution in [-0.4, -0.2) is 5.25 Å². The molecule has 78 valence electrons. The summed E-state index contributed by atoms with van der Waals surface area (Å²) in [4.78, 5) is 1.41. The first-order valence-electron chi connectivity index (χ1n) is 5.42. The smallest absolute Gasteiger partial charge is 0.0176 e. The lowest BCUT2D eigenvalue weighted by Gasteiger charge is -2.17. The van der Waals surface area contributed by atoms with Crippen molar-refractivity contribution in [3.63, 3.8) is 0 Å². The molecule has 1 saturated carbocycles. The first-order chi connectivity index (χ1) is 7.31. The molecule has 2 bridgehead atoms. The van der Waals surface area contributed by atoms with Gasteiger partial charge in [0.2, 0.25) is 0 Å². The average Bonchev–Trinajstić information content (AvgIpc) is 2.83. The van der Waals surface area contributed by atoms with E-state index in [1.54, 1.807) is 0 Å². The van der Waals surface area contributed by atoms with Crippen LogP contribution in [-0.2, 0) is 0 Å². The topological polar surface area (TPSA) is 0 Å². The summed E-state index contributed by atoms with van der Waals surface area (Å²) >= 11 is 5.52. The maximum Gasteiger partial charge on any atom is 0.0176 e. The monoisotopic (exact) mass is 280 g/mol. The molecule has 0 aliphatic heterocycles. The van der Waals surface area contributed by atoms with Gasteiger partial charge in [-0.15, -0.1) is 11.8 Å². The van der Waals surface area contributed by atoms with E-state index in [9.17, 15) is 0 Å². The minimum atomic E-state index is 0.821. The zero-order valence-electron chi connectivity index (χ0n) is 8.40. The molecule has 1 aromatic rings. The van der Waals surface area contributed by atoms with E-state index >= 15 is 0 Å². The Hall–Kier alpha value is -0.210. The summed E-state index contributed by atoms with van der Waals surface area (Å²) in [7, 11) is 0. The molecule has 0 radical (unpaired) electrons. The molecular formula is C13H13BrS. The van der Waals surface area contributed by atoms with Crippen molar-refractivity contribution in [1.29, 1.82) is 0 Å². The SMILES string of the molecule is Brc1ccc(S[C@H]2C[C@@H]3C=C[C@H]2C3)cc1. The van der Waals surface area contributed by atoms with E-state index < -0.39 is 0 Å². The zero-order valence-corrected chi connectivity index (χ0v) is 10.8. The summed E-state index contributed by atoms with van der Waals surface area (Å²) in [6.07, 6.45) is 7.60. The molecule has 2 heteroatoms. The highest BCUT2D eigenvalue weighted by Gasteiger charge is 2.35. The number of hydrogen-bond acceptors (Lipinski definition) is 1. The summed E-state index contributed by atoms with van der Waals surface area (Å²) in [6, 6.07) is 8.69. The van der Waals surface area contributed by atoms with Crippen LogP contribution in [0, 0.1) is 11.8 Å². The second kappa shape index (κ2) is 3.99. The second-order valence-electron chi connectivity index (χ2n) is 4.39. The molecule has 0 amide bonds. The minimum absolute atomic E-state index is 0.821. The number of hydrogen-bond donors (Lipinski definition) is 0. The van der Waals surface area contributed by atoms with E-state index in [4.69, 9.17) is 0 Å².